The maximum absolute atomic E-state index is 14.4. The number of nitrogens with two attached hydrogens (primary N) is 1. The van der Waals surface area contributed by atoms with Crippen molar-refractivity contribution in [2.45, 2.75) is 101 Å². The Morgan fingerprint density at radius 2 is 1.07 bits per heavy atom. The van der Waals surface area contributed by atoms with Crippen molar-refractivity contribution in [2.75, 3.05) is 12.3 Å². The summed E-state index contributed by atoms with van der Waals surface area (Å²) < 4.78 is 15.8. The van der Waals surface area contributed by atoms with Crippen LogP contribution in [0.15, 0.2) is 91.0 Å². The first-order valence-electron chi connectivity index (χ1n) is 18.1. The summed E-state index contributed by atoms with van der Waals surface area (Å²) in [7, 11) is 0. The molecular formula is C42H55N3O10S. The summed E-state index contributed by atoms with van der Waals surface area (Å²) in [5.41, 5.74) is 0.258. The minimum absolute atomic E-state index is 0.579. The average Bonchev–Trinajstić information content (AvgIpc) is 3.08. The highest BCUT2D eigenvalue weighted by Crippen LogP contribution is 2.51. The number of hydrogen-bond acceptors (Lipinski definition) is 11. The number of carboxylic acids is 2. The normalized spacial score (nSPS) is 15.0. The molecule has 0 aliphatic carbocycles. The first-order chi connectivity index (χ1) is 25.8. The molecule has 0 saturated carbocycles. The van der Waals surface area contributed by atoms with E-state index in [1.807, 2.05) is 91.0 Å². The number of esters is 2. The Hall–Kier alpha value is -4.92. The average molecular weight is 794 g/mol. The Kier molecular flexibility index (Phi) is 14.5. The van der Waals surface area contributed by atoms with Crippen LogP contribution in [0.25, 0.3) is 0 Å². The van der Waals surface area contributed by atoms with Gasteiger partial charge in [0.2, 0.25) is 0 Å². The van der Waals surface area contributed by atoms with Crippen molar-refractivity contribution in [3.8, 4) is 0 Å². The van der Waals surface area contributed by atoms with E-state index in [9.17, 15) is 34.2 Å². The summed E-state index contributed by atoms with van der Waals surface area (Å²) in [4.78, 5) is 68.5. The van der Waals surface area contributed by atoms with Crippen molar-refractivity contribution in [1.82, 2.24) is 10.6 Å². The lowest BCUT2D eigenvalue weighted by atomic mass is 9.73. The topological polar surface area (TPSA) is 204 Å². The van der Waals surface area contributed by atoms with Gasteiger partial charge in [0.25, 0.3) is 0 Å². The van der Waals surface area contributed by atoms with Gasteiger partial charge < -0.3 is 35.5 Å². The molecule has 3 rings (SSSR count). The van der Waals surface area contributed by atoms with Crippen molar-refractivity contribution in [3.05, 3.63) is 108 Å². The highest BCUT2D eigenvalue weighted by Gasteiger charge is 2.61. The number of carboxylic acid groups (broad SMARTS) is 2. The fourth-order valence-electron chi connectivity index (χ4n) is 6.16. The molecule has 13 nitrogen and oxygen atoms in total. The van der Waals surface area contributed by atoms with Crippen LogP contribution in [0, 0.1) is 5.92 Å². The number of nitrogens with one attached hydrogen (secondary N) is 2. The van der Waals surface area contributed by atoms with Crippen LogP contribution in [0.4, 0.5) is 4.79 Å². The maximum Gasteiger partial charge on any atom is 0.408 e. The van der Waals surface area contributed by atoms with Crippen LogP contribution >= 0.6 is 11.8 Å². The molecule has 56 heavy (non-hydrogen) atoms. The summed E-state index contributed by atoms with van der Waals surface area (Å²) >= 11 is 1.10. The highest BCUT2D eigenvalue weighted by atomic mass is 32.2. The lowest BCUT2D eigenvalue weighted by Crippen LogP contribution is -2.77. The predicted molar refractivity (Wildman–Crippen MR) is 214 cm³/mol. The second-order valence-electron chi connectivity index (χ2n) is 16.4. The largest absolute Gasteiger partial charge is 0.480 e. The summed E-state index contributed by atoms with van der Waals surface area (Å²) in [6.45, 7) is 13.2. The van der Waals surface area contributed by atoms with Gasteiger partial charge in [-0.25, -0.2) is 14.4 Å². The van der Waals surface area contributed by atoms with Crippen molar-refractivity contribution in [2.24, 2.45) is 11.7 Å². The van der Waals surface area contributed by atoms with Gasteiger partial charge in [0, 0.05) is 11.7 Å². The number of aliphatic carboxylic acids is 2. The molecule has 0 saturated heterocycles. The molecule has 6 N–H and O–H groups in total. The van der Waals surface area contributed by atoms with Crippen LogP contribution in [0.3, 0.4) is 0 Å². The number of rotatable bonds is 16. The van der Waals surface area contributed by atoms with Gasteiger partial charge in [0.1, 0.15) is 16.8 Å². The highest BCUT2D eigenvalue weighted by molar-refractivity contribution is 8.00. The molecule has 1 amide bonds. The van der Waals surface area contributed by atoms with Gasteiger partial charge >= 0.3 is 30.0 Å². The minimum atomic E-state index is -2.76. The van der Waals surface area contributed by atoms with Crippen LogP contribution in [-0.2, 0) is 38.1 Å². The van der Waals surface area contributed by atoms with E-state index in [2.05, 4.69) is 10.6 Å². The van der Waals surface area contributed by atoms with E-state index in [0.717, 1.165) is 28.5 Å². The first kappa shape index (κ1) is 45.5. The molecule has 1 unspecified atom stereocenters. The van der Waals surface area contributed by atoms with E-state index in [0.29, 0.717) is 0 Å². The Bertz CT molecular complexity index is 1730. The van der Waals surface area contributed by atoms with Gasteiger partial charge in [-0.05, 0) is 79.0 Å². The van der Waals surface area contributed by atoms with Gasteiger partial charge in [-0.1, -0.05) is 91.0 Å². The molecule has 0 spiro atoms. The second-order valence-corrected chi connectivity index (χ2v) is 17.6. The SMILES string of the molecule is CC(C)(C)OC(=O)CC([C@@](N)(NCC(=O)O)C(=O)OC(C)(C)C)[C@@](CSC(c1ccccc1)(c1ccccc1)c1ccccc1)(NC(=O)OC(C)(C)C)C(=O)O. The van der Waals surface area contributed by atoms with E-state index in [1.54, 1.807) is 62.3 Å². The Morgan fingerprint density at radius 1 is 0.661 bits per heavy atom. The van der Waals surface area contributed by atoms with E-state index in [-0.39, 0.29) is 0 Å². The van der Waals surface area contributed by atoms with Crippen molar-refractivity contribution < 1.29 is 48.4 Å². The number of benzene rings is 3. The fraction of sp³-hybridized carbons (Fsp3) is 0.452. The van der Waals surface area contributed by atoms with Crippen LogP contribution < -0.4 is 16.4 Å². The summed E-state index contributed by atoms with van der Waals surface area (Å²) in [6.07, 6.45) is -2.11. The number of amides is 1. The van der Waals surface area contributed by atoms with Gasteiger partial charge in [-0.2, -0.15) is 0 Å². The zero-order valence-corrected chi connectivity index (χ0v) is 34.3. The number of hydrogen-bond donors (Lipinski definition) is 5. The van der Waals surface area contributed by atoms with E-state index in [1.165, 1.54) is 0 Å². The van der Waals surface area contributed by atoms with Gasteiger partial charge in [0.05, 0.1) is 17.7 Å². The number of thioether (sulfide) groups is 1. The van der Waals surface area contributed by atoms with Crippen molar-refractivity contribution in [3.63, 3.8) is 0 Å². The van der Waals surface area contributed by atoms with E-state index < -0.39 is 87.4 Å². The molecule has 304 valence electrons. The molecule has 3 aromatic carbocycles. The fourth-order valence-corrected chi connectivity index (χ4v) is 7.91. The molecule has 3 aromatic rings. The van der Waals surface area contributed by atoms with Crippen LogP contribution in [0.5, 0.6) is 0 Å². The zero-order chi connectivity index (χ0) is 42.2. The lowest BCUT2D eigenvalue weighted by Gasteiger charge is -2.47. The second kappa shape index (κ2) is 17.9. The summed E-state index contributed by atoms with van der Waals surface area (Å²) in [5.74, 6) is -7.99. The molecule has 0 bridgehead atoms. The molecule has 0 aliphatic rings. The van der Waals surface area contributed by atoms with Crippen LogP contribution in [0.1, 0.15) is 85.4 Å². The van der Waals surface area contributed by atoms with Crippen molar-refractivity contribution in [1.29, 1.82) is 0 Å². The molecular weight excluding hydrogens is 739 g/mol. The van der Waals surface area contributed by atoms with Crippen LogP contribution in [0.2, 0.25) is 0 Å². The molecule has 14 heteroatoms. The number of ether oxygens (including phenoxy) is 3. The molecule has 0 radical (unpaired) electrons. The quantitative estimate of drug-likeness (QED) is 0.0484. The molecule has 3 atom stereocenters. The van der Waals surface area contributed by atoms with Gasteiger partial charge in [0.15, 0.2) is 11.2 Å². The third-order valence-corrected chi connectivity index (χ3v) is 10.1. The molecule has 0 aliphatic heterocycles. The Morgan fingerprint density at radius 3 is 1.43 bits per heavy atom. The molecule has 0 aromatic heterocycles. The first-order valence-corrected chi connectivity index (χ1v) is 19.1. The summed E-state index contributed by atoms with van der Waals surface area (Å²) in [6, 6.07) is 27.9. The maximum atomic E-state index is 14.4. The zero-order valence-electron chi connectivity index (χ0n) is 33.5. The lowest BCUT2D eigenvalue weighted by molar-refractivity contribution is -0.172. The number of alkyl carbamates (subject to hydrolysis) is 1. The van der Waals surface area contributed by atoms with Gasteiger partial charge in [-0.15, -0.1) is 11.8 Å². The van der Waals surface area contributed by atoms with Crippen molar-refractivity contribution >= 4 is 41.7 Å². The van der Waals surface area contributed by atoms with E-state index in [4.69, 9.17) is 19.9 Å². The standard InChI is InChI=1S/C42H55N3O10S/c1-37(2,3)53-33(48)25-31(42(43,44-26-32(46)47)35(51)54-38(4,5)6)40(34(49)50,45-36(52)55-39(7,8)9)27-56-41(28-19-13-10-14-20-28,29-21-15-11-16-22-29)30-23-17-12-18-24-30/h10-24,31,44H,25-27,43H2,1-9H3,(H,45,52)(H,46,47)(H,49,50)/t31?,40-,42-/m1/s1. The number of carbonyl (C=O) groups is 5. The Labute approximate surface area is 333 Å². The third kappa shape index (κ3) is 11.8. The molecule has 0 heterocycles. The van der Waals surface area contributed by atoms with Crippen LogP contribution in [-0.4, -0.2) is 80.5 Å². The Balaban J connectivity index is 2.51. The summed E-state index contributed by atoms with van der Waals surface area (Å²) in [5, 5.41) is 26.4. The minimum Gasteiger partial charge on any atom is -0.480 e. The van der Waals surface area contributed by atoms with Gasteiger partial charge in [-0.3, -0.25) is 14.9 Å². The third-order valence-electron chi connectivity index (χ3n) is 8.37. The molecule has 0 fully saturated rings. The predicted octanol–water partition coefficient (Wildman–Crippen LogP) is 6.08. The van der Waals surface area contributed by atoms with E-state index >= 15 is 0 Å². The number of carbonyl (C=O) groups excluding carboxylic acids is 3. The smallest absolute Gasteiger partial charge is 0.408 e. The monoisotopic (exact) mass is 793 g/mol.